The highest BCUT2D eigenvalue weighted by atomic mass is 32.2. The van der Waals surface area contributed by atoms with Crippen LogP contribution in [0.1, 0.15) is 77.0 Å². The molecule has 0 N–H and O–H groups in total. The van der Waals surface area contributed by atoms with Crippen molar-refractivity contribution in [1.29, 1.82) is 0 Å². The van der Waals surface area contributed by atoms with Gasteiger partial charge in [0.25, 0.3) is 0 Å². The summed E-state index contributed by atoms with van der Waals surface area (Å²) in [7, 11) is 0. The summed E-state index contributed by atoms with van der Waals surface area (Å²) in [6, 6.07) is 0. The minimum Gasteiger partial charge on any atom is -0.162 e. The highest BCUT2D eigenvalue weighted by Crippen LogP contribution is 2.16. The Bertz CT molecular complexity index is 126. The summed E-state index contributed by atoms with van der Waals surface area (Å²) in [6.45, 7) is 0. The Morgan fingerprint density at radius 2 is 0.375 bits per heavy atom. The smallest absolute Gasteiger partial charge is 0.00675 e. The molecule has 4 aliphatic heterocycles. The van der Waals surface area contributed by atoms with Gasteiger partial charge < -0.3 is 0 Å². The Labute approximate surface area is 169 Å². The second-order valence-corrected chi connectivity index (χ2v) is 11.6. The Balaban J connectivity index is 0.000000160. The van der Waals surface area contributed by atoms with E-state index in [0.717, 1.165) is 0 Å². The zero-order chi connectivity index (χ0) is 17.0. The van der Waals surface area contributed by atoms with Crippen molar-refractivity contribution in [3.63, 3.8) is 0 Å². The lowest BCUT2D eigenvalue weighted by Crippen LogP contribution is -1.91. The van der Waals surface area contributed by atoms with Gasteiger partial charge in [-0.2, -0.15) is 47.0 Å². The fourth-order valence-corrected chi connectivity index (χ4v) is 6.83. The van der Waals surface area contributed by atoms with E-state index in [4.69, 9.17) is 0 Å². The first-order valence-corrected chi connectivity index (χ1v) is 14.9. The largest absolute Gasteiger partial charge is 0.162 e. The van der Waals surface area contributed by atoms with E-state index in [0.29, 0.717) is 0 Å². The standard InChI is InChI=1S/4C5H10S/c4*1-2-4-6-5-3-1/h4*1-5H2. The minimum atomic E-state index is 1.42. The zero-order valence-electron chi connectivity index (χ0n) is 15.8. The molecule has 144 valence electrons. The van der Waals surface area contributed by atoms with Crippen LogP contribution in [0.5, 0.6) is 0 Å². The first kappa shape index (κ1) is 23.4. The molecule has 0 aromatic carbocycles. The third kappa shape index (κ3) is 18.2. The van der Waals surface area contributed by atoms with E-state index in [1.165, 1.54) is 123 Å². The summed E-state index contributed by atoms with van der Waals surface area (Å²) in [6.07, 6.45) is 17.6. The van der Waals surface area contributed by atoms with Crippen LogP contribution < -0.4 is 0 Å². The van der Waals surface area contributed by atoms with Crippen LogP contribution in [-0.2, 0) is 0 Å². The molecule has 0 nitrogen and oxygen atoms in total. The fraction of sp³-hybridized carbons (Fsp3) is 1.00. The maximum Gasteiger partial charge on any atom is -0.00675 e. The predicted octanol–water partition coefficient (Wildman–Crippen LogP) is 7.61. The lowest BCUT2D eigenvalue weighted by molar-refractivity contribution is 0.764. The van der Waals surface area contributed by atoms with E-state index in [1.807, 2.05) is 0 Å². The number of hydrogen-bond acceptors (Lipinski definition) is 4. The van der Waals surface area contributed by atoms with Crippen molar-refractivity contribution < 1.29 is 0 Å². The van der Waals surface area contributed by atoms with Crippen LogP contribution >= 0.6 is 47.0 Å². The van der Waals surface area contributed by atoms with Crippen molar-refractivity contribution in [1.82, 2.24) is 0 Å². The van der Waals surface area contributed by atoms with Crippen LogP contribution in [0.25, 0.3) is 0 Å². The van der Waals surface area contributed by atoms with Gasteiger partial charge in [0.05, 0.1) is 0 Å². The molecule has 4 heterocycles. The minimum absolute atomic E-state index is 1.42. The van der Waals surface area contributed by atoms with E-state index >= 15 is 0 Å². The molecule has 4 saturated heterocycles. The molecular formula is C20H40S4. The third-order valence-corrected chi connectivity index (χ3v) is 8.93. The SMILES string of the molecule is C1CCSCC1.C1CCSCC1.C1CCSCC1.C1CCSCC1. The Morgan fingerprint density at radius 1 is 0.208 bits per heavy atom. The second kappa shape index (κ2) is 20.7. The lowest BCUT2D eigenvalue weighted by atomic mass is 10.3. The molecule has 4 aliphatic rings. The normalized spacial score (nSPS) is 24.0. The van der Waals surface area contributed by atoms with E-state index in [2.05, 4.69) is 47.0 Å². The zero-order valence-corrected chi connectivity index (χ0v) is 19.0. The van der Waals surface area contributed by atoms with Crippen molar-refractivity contribution >= 4 is 47.0 Å². The molecule has 0 amide bonds. The summed E-state index contributed by atoms with van der Waals surface area (Å²) in [4.78, 5) is 0. The van der Waals surface area contributed by atoms with Crippen LogP contribution in [0.2, 0.25) is 0 Å². The van der Waals surface area contributed by atoms with Gasteiger partial charge in [-0.25, -0.2) is 0 Å². The predicted molar refractivity (Wildman–Crippen MR) is 125 cm³/mol. The molecule has 24 heavy (non-hydrogen) atoms. The topological polar surface area (TPSA) is 0 Å². The van der Waals surface area contributed by atoms with Crippen LogP contribution in [0, 0.1) is 0 Å². The quantitative estimate of drug-likeness (QED) is 0.404. The second-order valence-electron chi connectivity index (χ2n) is 6.69. The van der Waals surface area contributed by atoms with Crippen LogP contribution in [0.4, 0.5) is 0 Å². The van der Waals surface area contributed by atoms with Gasteiger partial charge >= 0.3 is 0 Å². The molecular weight excluding hydrogens is 368 g/mol. The highest BCUT2D eigenvalue weighted by molar-refractivity contribution is 7.99. The van der Waals surface area contributed by atoms with E-state index < -0.39 is 0 Å². The molecule has 4 heteroatoms. The van der Waals surface area contributed by atoms with Crippen molar-refractivity contribution in [2.75, 3.05) is 46.0 Å². The number of thioether (sulfide) groups is 4. The van der Waals surface area contributed by atoms with E-state index in [-0.39, 0.29) is 0 Å². The Morgan fingerprint density at radius 3 is 0.417 bits per heavy atom. The van der Waals surface area contributed by atoms with Crippen molar-refractivity contribution in [2.24, 2.45) is 0 Å². The van der Waals surface area contributed by atoms with Gasteiger partial charge in [-0.1, -0.05) is 25.7 Å². The van der Waals surface area contributed by atoms with Gasteiger partial charge in [-0.05, 0) is 97.4 Å². The molecule has 0 aromatic heterocycles. The van der Waals surface area contributed by atoms with Gasteiger partial charge in [0.15, 0.2) is 0 Å². The summed E-state index contributed by atoms with van der Waals surface area (Å²) in [5.41, 5.74) is 0. The first-order chi connectivity index (χ1) is 12.0. The molecule has 0 spiro atoms. The van der Waals surface area contributed by atoms with Gasteiger partial charge in [0.1, 0.15) is 0 Å². The summed E-state index contributed by atoms with van der Waals surface area (Å²) >= 11 is 8.38. The molecule has 0 saturated carbocycles. The Hall–Kier alpha value is 1.40. The summed E-state index contributed by atoms with van der Waals surface area (Å²) < 4.78 is 0. The van der Waals surface area contributed by atoms with Crippen LogP contribution in [0.3, 0.4) is 0 Å². The molecule has 0 bridgehead atoms. The monoisotopic (exact) mass is 408 g/mol. The number of rotatable bonds is 0. The molecule has 0 radical (unpaired) electrons. The summed E-state index contributed by atoms with van der Waals surface area (Å²) in [5, 5.41) is 0. The van der Waals surface area contributed by atoms with Gasteiger partial charge in [0, 0.05) is 0 Å². The molecule has 0 aromatic rings. The average molecular weight is 409 g/mol. The molecule has 0 unspecified atom stereocenters. The molecule has 0 aliphatic carbocycles. The van der Waals surface area contributed by atoms with Crippen molar-refractivity contribution in [3.8, 4) is 0 Å². The van der Waals surface area contributed by atoms with Gasteiger partial charge in [-0.15, -0.1) is 0 Å². The van der Waals surface area contributed by atoms with Crippen molar-refractivity contribution in [3.05, 3.63) is 0 Å². The van der Waals surface area contributed by atoms with Gasteiger partial charge in [-0.3, -0.25) is 0 Å². The average Bonchev–Trinajstić information content (AvgIpc) is 2.75. The summed E-state index contributed by atoms with van der Waals surface area (Å²) in [5.74, 6) is 11.3. The van der Waals surface area contributed by atoms with Crippen LogP contribution in [0.15, 0.2) is 0 Å². The lowest BCUT2D eigenvalue weighted by Gasteiger charge is -2.05. The van der Waals surface area contributed by atoms with E-state index in [1.54, 1.807) is 0 Å². The van der Waals surface area contributed by atoms with Crippen molar-refractivity contribution in [2.45, 2.75) is 77.0 Å². The maximum atomic E-state index is 2.09. The molecule has 4 rings (SSSR count). The third-order valence-electron chi connectivity index (χ3n) is 4.31. The molecule has 0 atom stereocenters. The maximum absolute atomic E-state index is 2.09. The van der Waals surface area contributed by atoms with E-state index in [9.17, 15) is 0 Å². The highest BCUT2D eigenvalue weighted by Gasteiger charge is 1.97. The Kier molecular flexibility index (Phi) is 20.2. The van der Waals surface area contributed by atoms with Crippen LogP contribution in [-0.4, -0.2) is 46.0 Å². The molecule has 4 fully saturated rings. The fourth-order valence-electron chi connectivity index (χ4n) is 2.75. The first-order valence-electron chi connectivity index (χ1n) is 10.3. The number of hydrogen-bond donors (Lipinski definition) is 0. The van der Waals surface area contributed by atoms with Gasteiger partial charge in [0.2, 0.25) is 0 Å².